The Kier molecular flexibility index (Phi) is 5.48. The molecule has 10 heteroatoms. The summed E-state index contributed by atoms with van der Waals surface area (Å²) < 4.78 is 46.0. The number of sulfonamides is 1. The van der Waals surface area contributed by atoms with E-state index in [9.17, 15) is 12.8 Å². The summed E-state index contributed by atoms with van der Waals surface area (Å²) in [6, 6.07) is 11.2. The Labute approximate surface area is 172 Å². The number of rotatable bonds is 5. The van der Waals surface area contributed by atoms with E-state index >= 15 is 0 Å². The van der Waals surface area contributed by atoms with E-state index < -0.39 is 15.8 Å². The van der Waals surface area contributed by atoms with Gasteiger partial charge < -0.3 is 9.64 Å². The van der Waals surface area contributed by atoms with Gasteiger partial charge in [0.15, 0.2) is 5.82 Å². The summed E-state index contributed by atoms with van der Waals surface area (Å²) in [4.78, 5) is 2.87. The molecule has 0 N–H and O–H groups in total. The monoisotopic (exact) mass is 434 g/mol. The maximum atomic E-state index is 13.6. The lowest BCUT2D eigenvalue weighted by Crippen LogP contribution is -2.49. The standard InChI is InChI=1S/C19H19FN4O3S2/c1-27-16-6-4-14(20)13-18(16)29(25,26)24-10-8-23(9-11-24)19-7-5-15(21-22-19)17-3-2-12-28-17/h2-7,12-13H,8-11H2,1H3. The third-order valence-electron chi connectivity index (χ3n) is 4.73. The fraction of sp³-hybridized carbons (Fsp3) is 0.263. The van der Waals surface area contributed by atoms with Crippen molar-refractivity contribution in [3.05, 3.63) is 53.7 Å². The van der Waals surface area contributed by atoms with Crippen molar-refractivity contribution in [3.63, 3.8) is 0 Å². The van der Waals surface area contributed by atoms with E-state index in [1.54, 1.807) is 11.3 Å². The van der Waals surface area contributed by atoms with Crippen LogP contribution in [0.5, 0.6) is 5.75 Å². The molecule has 4 rings (SSSR count). The van der Waals surface area contributed by atoms with Gasteiger partial charge in [-0.2, -0.15) is 4.31 Å². The van der Waals surface area contributed by atoms with E-state index in [4.69, 9.17) is 4.74 Å². The van der Waals surface area contributed by atoms with Gasteiger partial charge in [-0.1, -0.05) is 6.07 Å². The van der Waals surface area contributed by atoms with E-state index in [1.165, 1.54) is 23.5 Å². The minimum Gasteiger partial charge on any atom is -0.495 e. The van der Waals surface area contributed by atoms with Gasteiger partial charge in [0.05, 0.1) is 12.0 Å². The quantitative estimate of drug-likeness (QED) is 0.615. The lowest BCUT2D eigenvalue weighted by molar-refractivity contribution is 0.372. The molecular formula is C19H19FN4O3S2. The van der Waals surface area contributed by atoms with Crippen molar-refractivity contribution in [1.29, 1.82) is 0 Å². The molecule has 0 amide bonds. The van der Waals surface area contributed by atoms with Crippen molar-refractivity contribution in [2.24, 2.45) is 0 Å². The normalized spacial score (nSPS) is 15.4. The summed E-state index contributed by atoms with van der Waals surface area (Å²) in [6.07, 6.45) is 0. The number of piperazine rings is 1. The van der Waals surface area contributed by atoms with E-state index in [1.807, 2.05) is 34.5 Å². The van der Waals surface area contributed by atoms with E-state index in [0.717, 1.165) is 16.6 Å². The summed E-state index contributed by atoms with van der Waals surface area (Å²) in [5, 5.41) is 10.5. The van der Waals surface area contributed by atoms with Gasteiger partial charge in [0.1, 0.15) is 22.2 Å². The molecule has 152 valence electrons. The van der Waals surface area contributed by atoms with Crippen LogP contribution in [-0.4, -0.2) is 56.2 Å². The van der Waals surface area contributed by atoms with Crippen LogP contribution in [0, 0.1) is 5.82 Å². The van der Waals surface area contributed by atoms with Gasteiger partial charge in [0, 0.05) is 26.2 Å². The highest BCUT2D eigenvalue weighted by Gasteiger charge is 2.31. The summed E-state index contributed by atoms with van der Waals surface area (Å²) >= 11 is 1.60. The fourth-order valence-corrected chi connectivity index (χ4v) is 5.48. The topological polar surface area (TPSA) is 75.6 Å². The Morgan fingerprint density at radius 3 is 2.48 bits per heavy atom. The number of halogens is 1. The third-order valence-corrected chi connectivity index (χ3v) is 7.54. The minimum absolute atomic E-state index is 0.129. The summed E-state index contributed by atoms with van der Waals surface area (Å²) in [7, 11) is -2.50. The molecule has 1 fully saturated rings. The molecule has 1 aliphatic heterocycles. The highest BCUT2D eigenvalue weighted by molar-refractivity contribution is 7.89. The Morgan fingerprint density at radius 2 is 1.86 bits per heavy atom. The highest BCUT2D eigenvalue weighted by Crippen LogP contribution is 2.29. The Balaban J connectivity index is 1.47. The van der Waals surface area contributed by atoms with Gasteiger partial charge in [0.2, 0.25) is 10.0 Å². The molecule has 0 radical (unpaired) electrons. The van der Waals surface area contributed by atoms with Gasteiger partial charge in [-0.25, -0.2) is 12.8 Å². The fourth-order valence-electron chi connectivity index (χ4n) is 3.20. The number of ether oxygens (including phenoxy) is 1. The van der Waals surface area contributed by atoms with Crippen LogP contribution < -0.4 is 9.64 Å². The Hall–Kier alpha value is -2.56. The summed E-state index contributed by atoms with van der Waals surface area (Å²) in [5.41, 5.74) is 0.808. The first kappa shape index (κ1) is 19.7. The molecule has 0 atom stereocenters. The average Bonchev–Trinajstić information content (AvgIpc) is 3.29. The molecule has 0 spiro atoms. The number of thiophene rings is 1. The molecule has 1 saturated heterocycles. The maximum absolute atomic E-state index is 13.6. The number of aromatic nitrogens is 2. The van der Waals surface area contributed by atoms with Crippen LogP contribution in [0.4, 0.5) is 10.2 Å². The Bertz CT molecular complexity index is 1080. The van der Waals surface area contributed by atoms with E-state index in [0.29, 0.717) is 18.9 Å². The largest absolute Gasteiger partial charge is 0.495 e. The van der Waals surface area contributed by atoms with Crippen LogP contribution in [0.3, 0.4) is 0 Å². The number of hydrogen-bond donors (Lipinski definition) is 0. The van der Waals surface area contributed by atoms with Crippen molar-refractivity contribution in [1.82, 2.24) is 14.5 Å². The molecule has 0 saturated carbocycles. The van der Waals surface area contributed by atoms with Crippen LogP contribution in [0.1, 0.15) is 0 Å². The predicted molar refractivity (Wildman–Crippen MR) is 109 cm³/mol. The second-order valence-electron chi connectivity index (χ2n) is 6.44. The maximum Gasteiger partial charge on any atom is 0.246 e. The lowest BCUT2D eigenvalue weighted by Gasteiger charge is -2.34. The highest BCUT2D eigenvalue weighted by atomic mass is 32.2. The predicted octanol–water partition coefficient (Wildman–Crippen LogP) is 2.86. The second kappa shape index (κ2) is 8.05. The molecule has 0 bridgehead atoms. The molecular weight excluding hydrogens is 415 g/mol. The van der Waals surface area contributed by atoms with Gasteiger partial charge >= 0.3 is 0 Å². The first-order chi connectivity index (χ1) is 14.0. The van der Waals surface area contributed by atoms with E-state index in [2.05, 4.69) is 10.2 Å². The second-order valence-corrected chi connectivity index (χ2v) is 9.29. The van der Waals surface area contributed by atoms with Gasteiger partial charge in [0.25, 0.3) is 0 Å². The smallest absolute Gasteiger partial charge is 0.246 e. The van der Waals surface area contributed by atoms with Crippen molar-refractivity contribution in [2.45, 2.75) is 4.90 Å². The van der Waals surface area contributed by atoms with Gasteiger partial charge in [-0.05, 0) is 41.8 Å². The number of hydrogen-bond acceptors (Lipinski definition) is 7. The molecule has 3 heterocycles. The van der Waals surface area contributed by atoms with Gasteiger partial charge in [-0.3, -0.25) is 0 Å². The molecule has 2 aromatic heterocycles. The van der Waals surface area contributed by atoms with Crippen molar-refractivity contribution in [2.75, 3.05) is 38.2 Å². The molecule has 1 aromatic carbocycles. The first-order valence-electron chi connectivity index (χ1n) is 8.95. The SMILES string of the molecule is COc1ccc(F)cc1S(=O)(=O)N1CCN(c2ccc(-c3cccs3)nn2)CC1. The van der Waals surface area contributed by atoms with Crippen LogP contribution in [0.2, 0.25) is 0 Å². The molecule has 1 aliphatic rings. The average molecular weight is 435 g/mol. The number of anilines is 1. The van der Waals surface area contributed by atoms with Crippen LogP contribution in [0.25, 0.3) is 10.6 Å². The molecule has 0 aliphatic carbocycles. The summed E-state index contributed by atoms with van der Waals surface area (Å²) in [5.74, 6) is 0.207. The van der Waals surface area contributed by atoms with Gasteiger partial charge in [-0.15, -0.1) is 21.5 Å². The van der Waals surface area contributed by atoms with Crippen molar-refractivity contribution >= 4 is 27.2 Å². The van der Waals surface area contributed by atoms with Crippen LogP contribution in [0.15, 0.2) is 52.7 Å². The van der Waals surface area contributed by atoms with Crippen LogP contribution >= 0.6 is 11.3 Å². The third kappa shape index (κ3) is 3.96. The van der Waals surface area contributed by atoms with Crippen LogP contribution in [-0.2, 0) is 10.0 Å². The lowest BCUT2D eigenvalue weighted by atomic mass is 10.3. The van der Waals surface area contributed by atoms with Crippen molar-refractivity contribution < 1.29 is 17.5 Å². The van der Waals surface area contributed by atoms with Crippen molar-refractivity contribution in [3.8, 4) is 16.3 Å². The zero-order valence-electron chi connectivity index (χ0n) is 15.7. The molecule has 7 nitrogen and oxygen atoms in total. The van der Waals surface area contributed by atoms with E-state index in [-0.39, 0.29) is 23.7 Å². The molecule has 0 unspecified atom stereocenters. The Morgan fingerprint density at radius 1 is 1.07 bits per heavy atom. The number of nitrogens with zero attached hydrogens (tertiary/aromatic N) is 4. The zero-order chi connectivity index (χ0) is 20.4. The number of methoxy groups -OCH3 is 1. The summed E-state index contributed by atoms with van der Waals surface area (Å²) in [6.45, 7) is 1.44. The minimum atomic E-state index is -3.86. The molecule has 29 heavy (non-hydrogen) atoms. The zero-order valence-corrected chi connectivity index (χ0v) is 17.3. The molecule has 3 aromatic rings. The number of benzene rings is 1. The first-order valence-corrected chi connectivity index (χ1v) is 11.3.